The first kappa shape index (κ1) is 12.9. The molecule has 1 aliphatic rings. The minimum Gasteiger partial charge on any atom is -0.508 e. The average molecular weight is 251 g/mol. The van der Waals surface area contributed by atoms with E-state index in [9.17, 15) is 9.90 Å². The summed E-state index contributed by atoms with van der Waals surface area (Å²) >= 11 is 0. The molecule has 0 aliphatic carbocycles. The van der Waals surface area contributed by atoms with Gasteiger partial charge in [-0.2, -0.15) is 0 Å². The molecule has 1 heterocycles. The summed E-state index contributed by atoms with van der Waals surface area (Å²) in [6.45, 7) is 3.80. The minimum absolute atomic E-state index is 0.254. The summed E-state index contributed by atoms with van der Waals surface area (Å²) in [5, 5.41) is 17.9. The van der Waals surface area contributed by atoms with Crippen molar-refractivity contribution in [2.24, 2.45) is 0 Å². The van der Waals surface area contributed by atoms with E-state index < -0.39 is 5.97 Å². The molecule has 1 fully saturated rings. The van der Waals surface area contributed by atoms with E-state index in [1.165, 1.54) is 0 Å². The molecule has 5 nitrogen and oxygen atoms in total. The first-order valence-electron chi connectivity index (χ1n) is 5.83. The lowest BCUT2D eigenvalue weighted by Gasteiger charge is -2.47. The number of aliphatic carboxylic acids is 1. The predicted octanol–water partition coefficient (Wildman–Crippen LogP) is 1.07. The van der Waals surface area contributed by atoms with Crippen molar-refractivity contribution in [2.45, 2.75) is 19.1 Å². The van der Waals surface area contributed by atoms with Crippen molar-refractivity contribution < 1.29 is 19.7 Å². The molecule has 0 spiro atoms. The van der Waals surface area contributed by atoms with E-state index in [2.05, 4.69) is 4.90 Å². The van der Waals surface area contributed by atoms with Crippen LogP contribution in [0.4, 0.5) is 0 Å². The van der Waals surface area contributed by atoms with Crippen molar-refractivity contribution in [2.75, 3.05) is 19.7 Å². The fourth-order valence-corrected chi connectivity index (χ4v) is 2.25. The highest BCUT2D eigenvalue weighted by Crippen LogP contribution is 2.26. The zero-order chi connectivity index (χ0) is 13.2. The van der Waals surface area contributed by atoms with Gasteiger partial charge < -0.3 is 14.9 Å². The van der Waals surface area contributed by atoms with Gasteiger partial charge in [-0.25, -0.2) is 4.79 Å². The fraction of sp³-hybridized carbons (Fsp3) is 0.462. The van der Waals surface area contributed by atoms with Crippen LogP contribution in [0.25, 0.3) is 0 Å². The van der Waals surface area contributed by atoms with Crippen molar-refractivity contribution in [3.63, 3.8) is 0 Å². The van der Waals surface area contributed by atoms with Crippen LogP contribution in [-0.4, -0.2) is 46.4 Å². The van der Waals surface area contributed by atoms with E-state index in [1.54, 1.807) is 12.1 Å². The number of carbonyl (C=O) groups is 1. The highest BCUT2D eigenvalue weighted by Gasteiger charge is 2.39. The molecule has 0 aromatic heterocycles. The second-order valence-electron chi connectivity index (χ2n) is 4.95. The van der Waals surface area contributed by atoms with E-state index in [0.29, 0.717) is 13.1 Å². The number of nitrogens with zero attached hydrogens (tertiary/aromatic N) is 1. The number of phenolic OH excluding ortho intramolecular Hbond substituents is 1. The maximum atomic E-state index is 10.4. The third-order valence-corrected chi connectivity index (χ3v) is 2.98. The van der Waals surface area contributed by atoms with Crippen LogP contribution in [-0.2, 0) is 16.1 Å². The minimum atomic E-state index is -0.942. The molecule has 98 valence electrons. The highest BCUT2D eigenvalue weighted by molar-refractivity contribution is 5.68. The number of ether oxygens (including phenoxy) is 1. The SMILES string of the molecule is CC1(OCC(=O)O)CN(Cc2cccc(O)c2)C1. The number of phenols is 1. The molecule has 2 N–H and O–H groups in total. The number of likely N-dealkylation sites (tertiary alicyclic amines) is 1. The Morgan fingerprint density at radius 2 is 2.22 bits per heavy atom. The molecule has 0 atom stereocenters. The van der Waals surface area contributed by atoms with Gasteiger partial charge in [0.2, 0.25) is 0 Å². The topological polar surface area (TPSA) is 70.0 Å². The van der Waals surface area contributed by atoms with Gasteiger partial charge in [-0.05, 0) is 24.6 Å². The van der Waals surface area contributed by atoms with Crippen LogP contribution in [0.5, 0.6) is 5.75 Å². The monoisotopic (exact) mass is 251 g/mol. The summed E-state index contributed by atoms with van der Waals surface area (Å²) in [6, 6.07) is 7.13. The lowest BCUT2D eigenvalue weighted by atomic mass is 9.95. The molecule has 18 heavy (non-hydrogen) atoms. The number of carboxylic acids is 1. The lowest BCUT2D eigenvalue weighted by molar-refractivity contribution is -0.165. The zero-order valence-corrected chi connectivity index (χ0v) is 10.3. The molecule has 0 unspecified atom stereocenters. The molecule has 0 amide bonds. The van der Waals surface area contributed by atoms with Gasteiger partial charge >= 0.3 is 5.97 Å². The van der Waals surface area contributed by atoms with Crippen LogP contribution in [0, 0.1) is 0 Å². The van der Waals surface area contributed by atoms with Crippen LogP contribution in [0.1, 0.15) is 12.5 Å². The molecule has 0 bridgehead atoms. The Morgan fingerprint density at radius 1 is 1.50 bits per heavy atom. The Bertz CT molecular complexity index is 440. The van der Waals surface area contributed by atoms with Crippen LogP contribution in [0.3, 0.4) is 0 Å². The maximum absolute atomic E-state index is 10.4. The molecule has 1 aromatic carbocycles. The van der Waals surface area contributed by atoms with E-state index in [4.69, 9.17) is 9.84 Å². The molecule has 2 rings (SSSR count). The van der Waals surface area contributed by atoms with Crippen LogP contribution < -0.4 is 0 Å². The van der Waals surface area contributed by atoms with Gasteiger partial charge in [0.15, 0.2) is 0 Å². The number of rotatable bonds is 5. The van der Waals surface area contributed by atoms with Gasteiger partial charge in [-0.15, -0.1) is 0 Å². The number of benzene rings is 1. The Hall–Kier alpha value is -1.59. The number of hydrogen-bond donors (Lipinski definition) is 2. The van der Waals surface area contributed by atoms with Crippen molar-refractivity contribution >= 4 is 5.97 Å². The maximum Gasteiger partial charge on any atom is 0.329 e. The largest absolute Gasteiger partial charge is 0.508 e. The molecular weight excluding hydrogens is 234 g/mol. The summed E-state index contributed by atoms with van der Waals surface area (Å²) in [5.41, 5.74) is 0.671. The highest BCUT2D eigenvalue weighted by atomic mass is 16.5. The molecule has 1 saturated heterocycles. The standard InChI is InChI=1S/C13H17NO4/c1-13(18-7-12(16)17)8-14(9-13)6-10-3-2-4-11(15)5-10/h2-5,15H,6-9H2,1H3,(H,16,17). The third kappa shape index (κ3) is 3.21. The van der Waals surface area contributed by atoms with E-state index in [0.717, 1.165) is 12.1 Å². The van der Waals surface area contributed by atoms with Crippen LogP contribution in [0.15, 0.2) is 24.3 Å². The average Bonchev–Trinajstić information content (AvgIpc) is 2.24. The number of aromatic hydroxyl groups is 1. The van der Waals surface area contributed by atoms with Crippen molar-refractivity contribution in [1.82, 2.24) is 4.90 Å². The summed E-state index contributed by atoms with van der Waals surface area (Å²) in [7, 11) is 0. The Balaban J connectivity index is 1.80. The lowest BCUT2D eigenvalue weighted by Crippen LogP contribution is -2.61. The molecular formula is C13H17NO4. The van der Waals surface area contributed by atoms with Gasteiger partial charge in [0.1, 0.15) is 12.4 Å². The second kappa shape index (κ2) is 4.96. The summed E-state index contributed by atoms with van der Waals surface area (Å²) in [5.74, 6) is -0.680. The Kier molecular flexibility index (Phi) is 3.54. The summed E-state index contributed by atoms with van der Waals surface area (Å²) in [4.78, 5) is 12.6. The third-order valence-electron chi connectivity index (χ3n) is 2.98. The van der Waals surface area contributed by atoms with Gasteiger partial charge in [0.05, 0.1) is 5.60 Å². The fourth-order valence-electron chi connectivity index (χ4n) is 2.25. The molecule has 0 radical (unpaired) electrons. The number of carboxylic acid groups (broad SMARTS) is 1. The van der Waals surface area contributed by atoms with E-state index >= 15 is 0 Å². The van der Waals surface area contributed by atoms with Gasteiger partial charge in [0, 0.05) is 19.6 Å². The summed E-state index contributed by atoms with van der Waals surface area (Å²) < 4.78 is 5.33. The van der Waals surface area contributed by atoms with Crippen molar-refractivity contribution in [3.05, 3.63) is 29.8 Å². The predicted molar refractivity (Wildman–Crippen MR) is 65.4 cm³/mol. The molecule has 0 saturated carbocycles. The molecule has 1 aromatic rings. The zero-order valence-electron chi connectivity index (χ0n) is 10.3. The van der Waals surface area contributed by atoms with E-state index in [-0.39, 0.29) is 18.0 Å². The first-order chi connectivity index (χ1) is 8.47. The summed E-state index contributed by atoms with van der Waals surface area (Å²) in [6.07, 6.45) is 0. The van der Waals surface area contributed by atoms with E-state index in [1.807, 2.05) is 19.1 Å². The molecule has 5 heteroatoms. The normalized spacial score (nSPS) is 18.3. The second-order valence-corrected chi connectivity index (χ2v) is 4.95. The van der Waals surface area contributed by atoms with Gasteiger partial charge in [-0.1, -0.05) is 12.1 Å². The Morgan fingerprint density at radius 3 is 2.83 bits per heavy atom. The smallest absolute Gasteiger partial charge is 0.329 e. The molecule has 1 aliphatic heterocycles. The van der Waals surface area contributed by atoms with Gasteiger partial charge in [-0.3, -0.25) is 4.90 Å². The first-order valence-corrected chi connectivity index (χ1v) is 5.83. The van der Waals surface area contributed by atoms with Crippen molar-refractivity contribution in [3.8, 4) is 5.75 Å². The quantitative estimate of drug-likeness (QED) is 0.819. The van der Waals surface area contributed by atoms with Crippen LogP contribution >= 0.6 is 0 Å². The van der Waals surface area contributed by atoms with Crippen LogP contribution in [0.2, 0.25) is 0 Å². The Labute approximate surface area is 106 Å². The van der Waals surface area contributed by atoms with Gasteiger partial charge in [0.25, 0.3) is 0 Å². The number of hydrogen-bond acceptors (Lipinski definition) is 4. The van der Waals surface area contributed by atoms with Crippen molar-refractivity contribution in [1.29, 1.82) is 0 Å².